The lowest BCUT2D eigenvalue weighted by atomic mass is 9.47. The first kappa shape index (κ1) is 15.7. The molecule has 0 aromatic rings. The Hall–Kier alpha value is -0.650. The molecule has 1 aliphatic carbocycles. The molecule has 5 heteroatoms. The van der Waals surface area contributed by atoms with Gasteiger partial charge >= 0.3 is 0 Å². The zero-order chi connectivity index (χ0) is 15.6. The van der Waals surface area contributed by atoms with Crippen LogP contribution in [-0.4, -0.2) is 40.4 Å². The lowest BCUT2D eigenvalue weighted by molar-refractivity contribution is -0.178. The van der Waals surface area contributed by atoms with E-state index in [1.54, 1.807) is 13.8 Å². The molecule has 2 fully saturated rings. The van der Waals surface area contributed by atoms with Crippen LogP contribution in [0.4, 0.5) is 0 Å². The third-order valence-electron chi connectivity index (χ3n) is 5.79. The molecule has 1 saturated carbocycles. The van der Waals surface area contributed by atoms with E-state index in [-0.39, 0.29) is 17.9 Å². The maximum absolute atomic E-state index is 12.8. The number of hydrogen-bond donors (Lipinski definition) is 3. The lowest BCUT2D eigenvalue weighted by Crippen LogP contribution is -2.81. The molecule has 2 aliphatic rings. The summed E-state index contributed by atoms with van der Waals surface area (Å²) in [6, 6.07) is 0. The minimum Gasteiger partial charge on any atom is -0.388 e. The van der Waals surface area contributed by atoms with Gasteiger partial charge in [-0.3, -0.25) is 4.79 Å². The number of hydrogen-bond acceptors (Lipinski definition) is 4. The van der Waals surface area contributed by atoms with Gasteiger partial charge in [0, 0.05) is 17.9 Å². The Balaban J connectivity index is 2.21. The predicted molar refractivity (Wildman–Crippen MR) is 77.1 cm³/mol. The summed E-state index contributed by atoms with van der Waals surface area (Å²) >= 11 is 0. The van der Waals surface area contributed by atoms with Crippen LogP contribution in [-0.2, 0) is 9.53 Å². The molecule has 1 aliphatic heterocycles. The largest absolute Gasteiger partial charge is 0.388 e. The number of carbonyl (C=O) groups is 1. The fourth-order valence-electron chi connectivity index (χ4n) is 3.39. The molecule has 4 N–H and O–H groups in total. The van der Waals surface area contributed by atoms with E-state index in [1.165, 1.54) is 0 Å². The standard InChI is InChI=1S/C15H28N2O3/c1-12(2)10-9(7-8-20-10)15(12,16)11(18)17-13(3,4)14(5,6)19/h9-10,19H,7-8,16H2,1-6H3,(H,17,18). The van der Waals surface area contributed by atoms with Crippen molar-refractivity contribution in [2.75, 3.05) is 6.61 Å². The highest BCUT2D eigenvalue weighted by Gasteiger charge is 2.71. The van der Waals surface area contributed by atoms with E-state index in [9.17, 15) is 9.90 Å². The Morgan fingerprint density at radius 3 is 2.40 bits per heavy atom. The lowest BCUT2D eigenvalue weighted by Gasteiger charge is -2.61. The number of nitrogens with one attached hydrogen (secondary N) is 1. The molecule has 5 nitrogen and oxygen atoms in total. The molecule has 0 aromatic carbocycles. The topological polar surface area (TPSA) is 84.6 Å². The molecule has 2 rings (SSSR count). The van der Waals surface area contributed by atoms with Crippen LogP contribution in [0.5, 0.6) is 0 Å². The van der Waals surface area contributed by atoms with E-state index in [4.69, 9.17) is 10.5 Å². The predicted octanol–water partition coefficient (Wildman–Crippen LogP) is 0.794. The average Bonchev–Trinajstić information content (AvgIpc) is 2.73. The highest BCUT2D eigenvalue weighted by atomic mass is 16.5. The highest BCUT2D eigenvalue weighted by Crippen LogP contribution is 2.58. The number of nitrogens with two attached hydrogens (primary N) is 1. The number of ether oxygens (including phenoxy) is 1. The summed E-state index contributed by atoms with van der Waals surface area (Å²) in [5.41, 5.74) is 3.38. The highest BCUT2D eigenvalue weighted by molar-refractivity contribution is 5.90. The zero-order valence-electron chi connectivity index (χ0n) is 13.4. The van der Waals surface area contributed by atoms with Gasteiger partial charge < -0.3 is 20.9 Å². The van der Waals surface area contributed by atoms with Crippen LogP contribution in [0.25, 0.3) is 0 Å². The number of amides is 1. The summed E-state index contributed by atoms with van der Waals surface area (Å²) in [4.78, 5) is 12.8. The van der Waals surface area contributed by atoms with Gasteiger partial charge in [0.2, 0.25) is 5.91 Å². The van der Waals surface area contributed by atoms with Crippen LogP contribution >= 0.6 is 0 Å². The first-order valence-corrected chi connectivity index (χ1v) is 7.31. The van der Waals surface area contributed by atoms with Crippen LogP contribution in [0.1, 0.15) is 48.0 Å². The van der Waals surface area contributed by atoms with Crippen molar-refractivity contribution in [1.82, 2.24) is 5.32 Å². The first-order valence-electron chi connectivity index (χ1n) is 7.31. The van der Waals surface area contributed by atoms with E-state index < -0.39 is 22.1 Å². The second-order valence-corrected chi connectivity index (χ2v) is 7.92. The monoisotopic (exact) mass is 284 g/mol. The van der Waals surface area contributed by atoms with E-state index in [2.05, 4.69) is 5.32 Å². The van der Waals surface area contributed by atoms with Gasteiger partial charge in [0.25, 0.3) is 0 Å². The molecule has 1 saturated heterocycles. The maximum Gasteiger partial charge on any atom is 0.241 e. The number of fused-ring (bicyclic) bond motifs is 1. The molecular formula is C15H28N2O3. The van der Waals surface area contributed by atoms with Crippen molar-refractivity contribution in [3.63, 3.8) is 0 Å². The molecule has 116 valence electrons. The van der Waals surface area contributed by atoms with Crippen molar-refractivity contribution in [3.8, 4) is 0 Å². The van der Waals surface area contributed by atoms with Gasteiger partial charge in [-0.1, -0.05) is 13.8 Å². The summed E-state index contributed by atoms with van der Waals surface area (Å²) < 4.78 is 5.70. The quantitative estimate of drug-likeness (QED) is 0.715. The molecule has 0 spiro atoms. The third kappa shape index (κ3) is 1.83. The van der Waals surface area contributed by atoms with Crippen molar-refractivity contribution in [3.05, 3.63) is 0 Å². The van der Waals surface area contributed by atoms with Crippen LogP contribution in [0, 0.1) is 11.3 Å². The van der Waals surface area contributed by atoms with Gasteiger partial charge in [0.15, 0.2) is 0 Å². The second-order valence-electron chi connectivity index (χ2n) is 7.92. The Morgan fingerprint density at radius 1 is 1.35 bits per heavy atom. The van der Waals surface area contributed by atoms with Crippen LogP contribution < -0.4 is 11.1 Å². The number of aliphatic hydroxyl groups is 1. The first-order chi connectivity index (χ1) is 8.86. The number of rotatable bonds is 3. The fraction of sp³-hybridized carbons (Fsp3) is 0.933. The van der Waals surface area contributed by atoms with E-state index in [0.29, 0.717) is 6.61 Å². The van der Waals surface area contributed by atoms with E-state index in [1.807, 2.05) is 27.7 Å². The third-order valence-corrected chi connectivity index (χ3v) is 5.79. The minimum absolute atomic E-state index is 0.0588. The van der Waals surface area contributed by atoms with Gasteiger partial charge in [-0.05, 0) is 34.1 Å². The molecule has 1 amide bonds. The normalized spacial score (nSPS) is 36.2. The van der Waals surface area contributed by atoms with Gasteiger partial charge in [-0.15, -0.1) is 0 Å². The van der Waals surface area contributed by atoms with Crippen molar-refractivity contribution < 1.29 is 14.6 Å². The molecule has 0 radical (unpaired) electrons. The molecule has 0 bridgehead atoms. The van der Waals surface area contributed by atoms with Crippen molar-refractivity contribution >= 4 is 5.91 Å². The molecule has 1 heterocycles. The summed E-state index contributed by atoms with van der Waals surface area (Å²) in [6.07, 6.45) is 0.879. The smallest absolute Gasteiger partial charge is 0.241 e. The minimum atomic E-state index is -1.03. The van der Waals surface area contributed by atoms with Crippen molar-refractivity contribution in [2.45, 2.75) is 70.7 Å². The molecule has 20 heavy (non-hydrogen) atoms. The van der Waals surface area contributed by atoms with Crippen molar-refractivity contribution in [2.24, 2.45) is 17.1 Å². The van der Waals surface area contributed by atoms with Crippen LogP contribution in [0.2, 0.25) is 0 Å². The summed E-state index contributed by atoms with van der Waals surface area (Å²) in [5, 5.41) is 13.1. The maximum atomic E-state index is 12.8. The van der Waals surface area contributed by atoms with Crippen LogP contribution in [0.15, 0.2) is 0 Å². The van der Waals surface area contributed by atoms with Gasteiger partial charge in [0.1, 0.15) is 5.54 Å². The SMILES string of the molecule is CC(C)(O)C(C)(C)NC(=O)C1(N)C2CCOC2C1(C)C. The van der Waals surface area contributed by atoms with E-state index >= 15 is 0 Å². The fourth-order valence-corrected chi connectivity index (χ4v) is 3.39. The molecular weight excluding hydrogens is 256 g/mol. The Bertz CT molecular complexity index is 425. The van der Waals surface area contributed by atoms with Crippen LogP contribution in [0.3, 0.4) is 0 Å². The summed E-state index contributed by atoms with van der Waals surface area (Å²) in [7, 11) is 0. The Labute approximate surface area is 121 Å². The zero-order valence-corrected chi connectivity index (χ0v) is 13.4. The van der Waals surface area contributed by atoms with Gasteiger partial charge in [-0.25, -0.2) is 0 Å². The molecule has 0 aromatic heterocycles. The van der Waals surface area contributed by atoms with E-state index in [0.717, 1.165) is 6.42 Å². The average molecular weight is 284 g/mol. The van der Waals surface area contributed by atoms with Gasteiger partial charge in [-0.2, -0.15) is 0 Å². The second kappa shape index (κ2) is 4.18. The molecule has 3 unspecified atom stereocenters. The molecule has 3 atom stereocenters. The Morgan fingerprint density at radius 2 is 1.90 bits per heavy atom. The Kier molecular flexibility index (Phi) is 3.29. The summed E-state index contributed by atoms with van der Waals surface area (Å²) in [6.45, 7) is 11.6. The summed E-state index contributed by atoms with van der Waals surface area (Å²) in [5.74, 6) is -0.128. The number of carbonyl (C=O) groups excluding carboxylic acids is 1. The van der Waals surface area contributed by atoms with Gasteiger partial charge in [0.05, 0.1) is 17.2 Å². The van der Waals surface area contributed by atoms with Crippen molar-refractivity contribution in [1.29, 1.82) is 0 Å².